The van der Waals surface area contributed by atoms with E-state index in [9.17, 15) is 18.0 Å². The number of aryl methyl sites for hydroxylation is 3. The molecule has 1 amide bonds. The van der Waals surface area contributed by atoms with Crippen LogP contribution < -0.4 is 0 Å². The third-order valence-corrected chi connectivity index (χ3v) is 6.01. The predicted octanol–water partition coefficient (Wildman–Crippen LogP) is 3.29. The third kappa shape index (κ3) is 2.97. The Hall–Kier alpha value is -3.69. The number of aromatic nitrogens is 5. The SMILES string of the molecule is Cc1cc2c(C(=O)N3CCc4c(nn(C)c4-c4cc(F)c(F)c(F)c4)C3)ncnc2n1C. The molecule has 0 bridgehead atoms. The van der Waals surface area contributed by atoms with Gasteiger partial charge in [0.25, 0.3) is 5.91 Å². The molecule has 0 aliphatic carbocycles. The molecule has 0 unspecified atom stereocenters. The Morgan fingerprint density at radius 1 is 1.06 bits per heavy atom. The van der Waals surface area contributed by atoms with Crippen molar-refractivity contribution in [3.05, 3.63) is 64.6 Å². The van der Waals surface area contributed by atoms with E-state index >= 15 is 0 Å². The Morgan fingerprint density at radius 2 is 1.78 bits per heavy atom. The van der Waals surface area contributed by atoms with Gasteiger partial charge in [0, 0.05) is 37.5 Å². The van der Waals surface area contributed by atoms with Crippen LogP contribution in [0.5, 0.6) is 0 Å². The van der Waals surface area contributed by atoms with E-state index in [4.69, 9.17) is 0 Å². The average molecular weight is 440 g/mol. The number of hydrogen-bond acceptors (Lipinski definition) is 4. The molecule has 0 saturated heterocycles. The number of hydrogen-bond donors (Lipinski definition) is 0. The maximum absolute atomic E-state index is 13.8. The molecule has 164 valence electrons. The Kier molecular flexibility index (Phi) is 4.54. The Bertz CT molecular complexity index is 1380. The minimum absolute atomic E-state index is 0.203. The Labute approximate surface area is 181 Å². The topological polar surface area (TPSA) is 68.8 Å². The molecular formula is C22H19F3N6O. The molecule has 5 rings (SSSR count). The number of carbonyl (C=O) groups is 1. The second-order valence-electron chi connectivity index (χ2n) is 7.93. The van der Waals surface area contributed by atoms with Crippen molar-refractivity contribution in [1.29, 1.82) is 0 Å². The van der Waals surface area contributed by atoms with Gasteiger partial charge in [0.2, 0.25) is 0 Å². The standard InChI is InChI=1S/C22H19F3N6O/c1-11-6-14-19(26-10-27-21(14)29(11)2)22(32)31-5-4-13-17(9-31)28-30(3)20(13)12-7-15(23)18(25)16(24)8-12/h6-8,10H,4-5,9H2,1-3H3. The molecular weight excluding hydrogens is 421 g/mol. The molecule has 0 atom stereocenters. The monoisotopic (exact) mass is 440 g/mol. The number of benzene rings is 1. The van der Waals surface area contributed by atoms with Crippen LogP contribution in [-0.4, -0.2) is 41.7 Å². The van der Waals surface area contributed by atoms with Crippen molar-refractivity contribution in [2.45, 2.75) is 19.9 Å². The minimum Gasteiger partial charge on any atom is -0.333 e. The van der Waals surface area contributed by atoms with E-state index in [1.54, 1.807) is 11.9 Å². The normalized spacial score (nSPS) is 13.6. The summed E-state index contributed by atoms with van der Waals surface area (Å²) in [5.41, 5.74) is 4.08. The lowest BCUT2D eigenvalue weighted by Gasteiger charge is -2.26. The highest BCUT2D eigenvalue weighted by Gasteiger charge is 2.30. The van der Waals surface area contributed by atoms with Gasteiger partial charge < -0.3 is 9.47 Å². The largest absolute Gasteiger partial charge is 0.333 e. The van der Waals surface area contributed by atoms with Crippen molar-refractivity contribution in [3.63, 3.8) is 0 Å². The van der Waals surface area contributed by atoms with Crippen LogP contribution in [0.4, 0.5) is 13.2 Å². The Balaban J connectivity index is 1.50. The zero-order valence-electron chi connectivity index (χ0n) is 17.7. The van der Waals surface area contributed by atoms with E-state index < -0.39 is 17.5 Å². The molecule has 7 nitrogen and oxygen atoms in total. The van der Waals surface area contributed by atoms with Gasteiger partial charge in [-0.15, -0.1) is 0 Å². The van der Waals surface area contributed by atoms with Crippen LogP contribution in [-0.2, 0) is 27.1 Å². The van der Waals surface area contributed by atoms with E-state index in [-0.39, 0.29) is 18.0 Å². The summed E-state index contributed by atoms with van der Waals surface area (Å²) in [5, 5.41) is 5.15. The first-order valence-electron chi connectivity index (χ1n) is 10.0. The fourth-order valence-corrected chi connectivity index (χ4v) is 4.33. The summed E-state index contributed by atoms with van der Waals surface area (Å²) in [7, 11) is 3.53. The summed E-state index contributed by atoms with van der Waals surface area (Å²) in [6.07, 6.45) is 1.81. The van der Waals surface area contributed by atoms with Crippen molar-refractivity contribution in [2.24, 2.45) is 14.1 Å². The van der Waals surface area contributed by atoms with Gasteiger partial charge in [-0.3, -0.25) is 9.48 Å². The second kappa shape index (κ2) is 7.18. The van der Waals surface area contributed by atoms with E-state index in [1.165, 1.54) is 11.0 Å². The minimum atomic E-state index is -1.51. The molecule has 32 heavy (non-hydrogen) atoms. The van der Waals surface area contributed by atoms with Gasteiger partial charge in [-0.05, 0) is 31.5 Å². The third-order valence-electron chi connectivity index (χ3n) is 6.01. The summed E-state index contributed by atoms with van der Waals surface area (Å²) in [4.78, 5) is 23.4. The highest BCUT2D eigenvalue weighted by molar-refractivity contribution is 6.04. The zero-order valence-corrected chi connectivity index (χ0v) is 17.7. The molecule has 4 heterocycles. The van der Waals surface area contributed by atoms with Gasteiger partial charge in [-0.1, -0.05) is 0 Å². The molecule has 0 N–H and O–H groups in total. The lowest BCUT2D eigenvalue weighted by molar-refractivity contribution is 0.0728. The van der Waals surface area contributed by atoms with Crippen molar-refractivity contribution < 1.29 is 18.0 Å². The summed E-state index contributed by atoms with van der Waals surface area (Å²) >= 11 is 0. The van der Waals surface area contributed by atoms with Crippen LogP contribution in [0.3, 0.4) is 0 Å². The van der Waals surface area contributed by atoms with Gasteiger partial charge in [0.05, 0.1) is 23.3 Å². The van der Waals surface area contributed by atoms with Crippen molar-refractivity contribution in [2.75, 3.05) is 6.54 Å². The summed E-state index contributed by atoms with van der Waals surface area (Å²) in [6, 6.07) is 3.81. The first kappa shape index (κ1) is 20.2. The van der Waals surface area contributed by atoms with Gasteiger partial charge in [0.15, 0.2) is 17.5 Å². The maximum atomic E-state index is 13.8. The van der Waals surface area contributed by atoms with Gasteiger partial charge in [-0.25, -0.2) is 23.1 Å². The molecule has 1 aliphatic rings. The number of rotatable bonds is 2. The molecule has 3 aromatic heterocycles. The first-order chi connectivity index (χ1) is 15.3. The highest BCUT2D eigenvalue weighted by Crippen LogP contribution is 2.32. The molecule has 1 aromatic carbocycles. The molecule has 4 aromatic rings. The number of fused-ring (bicyclic) bond motifs is 2. The van der Waals surface area contributed by atoms with E-state index in [0.717, 1.165) is 23.4 Å². The van der Waals surface area contributed by atoms with Crippen LogP contribution in [0.25, 0.3) is 22.3 Å². The molecule has 10 heteroatoms. The van der Waals surface area contributed by atoms with E-state index in [2.05, 4.69) is 15.1 Å². The van der Waals surface area contributed by atoms with Crippen LogP contribution in [0.15, 0.2) is 24.5 Å². The molecule has 1 aliphatic heterocycles. The molecule has 0 fully saturated rings. The fourth-order valence-electron chi connectivity index (χ4n) is 4.33. The van der Waals surface area contributed by atoms with E-state index in [0.29, 0.717) is 41.1 Å². The van der Waals surface area contributed by atoms with Crippen LogP contribution in [0.2, 0.25) is 0 Å². The lowest BCUT2D eigenvalue weighted by Crippen LogP contribution is -2.36. The average Bonchev–Trinajstić information content (AvgIpc) is 3.25. The highest BCUT2D eigenvalue weighted by atomic mass is 19.2. The fraction of sp³-hybridized carbons (Fsp3) is 0.273. The molecule has 0 saturated carbocycles. The van der Waals surface area contributed by atoms with Crippen LogP contribution in [0.1, 0.15) is 27.4 Å². The van der Waals surface area contributed by atoms with Crippen LogP contribution in [0, 0.1) is 24.4 Å². The molecule has 0 radical (unpaired) electrons. The number of carbonyl (C=O) groups excluding carboxylic acids is 1. The van der Waals surface area contributed by atoms with Gasteiger partial charge in [-0.2, -0.15) is 5.10 Å². The van der Waals surface area contributed by atoms with Gasteiger partial charge in [0.1, 0.15) is 17.7 Å². The number of halogens is 3. The summed E-state index contributed by atoms with van der Waals surface area (Å²) in [6.45, 7) is 2.54. The first-order valence-corrected chi connectivity index (χ1v) is 10.0. The maximum Gasteiger partial charge on any atom is 0.273 e. The number of nitrogens with zero attached hydrogens (tertiary/aromatic N) is 6. The lowest BCUT2D eigenvalue weighted by atomic mass is 9.99. The molecule has 0 spiro atoms. The van der Waals surface area contributed by atoms with Crippen molar-refractivity contribution in [1.82, 2.24) is 29.2 Å². The van der Waals surface area contributed by atoms with Crippen molar-refractivity contribution >= 4 is 16.9 Å². The smallest absolute Gasteiger partial charge is 0.273 e. The summed E-state index contributed by atoms with van der Waals surface area (Å²) < 4.78 is 44.4. The Morgan fingerprint density at radius 3 is 2.50 bits per heavy atom. The quantitative estimate of drug-likeness (QED) is 0.449. The van der Waals surface area contributed by atoms with E-state index in [1.807, 2.05) is 24.6 Å². The number of amides is 1. The van der Waals surface area contributed by atoms with Gasteiger partial charge >= 0.3 is 0 Å². The van der Waals surface area contributed by atoms with Crippen LogP contribution >= 0.6 is 0 Å². The zero-order chi connectivity index (χ0) is 22.7. The van der Waals surface area contributed by atoms with Crippen molar-refractivity contribution in [3.8, 4) is 11.3 Å². The predicted molar refractivity (Wildman–Crippen MR) is 110 cm³/mol. The summed E-state index contributed by atoms with van der Waals surface area (Å²) in [5.74, 6) is -4.25. The second-order valence-corrected chi connectivity index (χ2v) is 7.93.